The van der Waals surface area contributed by atoms with E-state index in [9.17, 15) is 9.00 Å². The fourth-order valence-electron chi connectivity index (χ4n) is 5.19. The van der Waals surface area contributed by atoms with Gasteiger partial charge in [-0.3, -0.25) is 18.9 Å². The maximum atomic E-state index is 13.5. The van der Waals surface area contributed by atoms with Gasteiger partial charge in [0.1, 0.15) is 0 Å². The van der Waals surface area contributed by atoms with Crippen molar-refractivity contribution >= 4 is 16.7 Å². The van der Waals surface area contributed by atoms with Crippen LogP contribution in [0, 0.1) is 0 Å². The lowest BCUT2D eigenvalue weighted by Gasteiger charge is -2.26. The highest BCUT2D eigenvalue weighted by molar-refractivity contribution is 7.84. The van der Waals surface area contributed by atoms with Crippen molar-refractivity contribution < 1.29 is 13.7 Å². The summed E-state index contributed by atoms with van der Waals surface area (Å²) in [6, 6.07) is 11.8. The van der Waals surface area contributed by atoms with Crippen molar-refractivity contribution in [1.82, 2.24) is 24.6 Å². The number of carbonyl (C=O) groups is 1. The molecular weight excluding hydrogens is 462 g/mol. The van der Waals surface area contributed by atoms with E-state index in [0.29, 0.717) is 32.0 Å². The number of piperidine rings is 1. The maximum absolute atomic E-state index is 13.5. The van der Waals surface area contributed by atoms with Gasteiger partial charge >= 0.3 is 0 Å². The summed E-state index contributed by atoms with van der Waals surface area (Å²) in [4.78, 5) is 23.2. The Morgan fingerprint density at radius 3 is 2.57 bits per heavy atom. The molecule has 2 saturated heterocycles. The van der Waals surface area contributed by atoms with Crippen molar-refractivity contribution in [2.24, 2.45) is 0 Å². The van der Waals surface area contributed by atoms with Crippen molar-refractivity contribution in [2.75, 3.05) is 39.4 Å². The number of rotatable bonds is 4. The molecule has 1 unspecified atom stereocenters. The Morgan fingerprint density at radius 1 is 1.00 bits per heavy atom. The van der Waals surface area contributed by atoms with Crippen LogP contribution in [-0.4, -0.2) is 74.1 Å². The van der Waals surface area contributed by atoms with Gasteiger partial charge in [0.25, 0.3) is 5.91 Å². The molecule has 5 heterocycles. The number of hydrogen-bond donors (Lipinski definition) is 0. The van der Waals surface area contributed by atoms with Gasteiger partial charge in [0.15, 0.2) is 5.69 Å². The van der Waals surface area contributed by atoms with Crippen molar-refractivity contribution in [2.45, 2.75) is 36.5 Å². The predicted octanol–water partition coefficient (Wildman–Crippen LogP) is 3.01. The van der Waals surface area contributed by atoms with Gasteiger partial charge in [-0.2, -0.15) is 5.10 Å². The topological polar surface area (TPSA) is 80.6 Å². The molecule has 0 saturated carbocycles. The van der Waals surface area contributed by atoms with E-state index in [1.54, 1.807) is 4.90 Å². The van der Waals surface area contributed by atoms with Crippen LogP contribution in [-0.2, 0) is 27.8 Å². The summed E-state index contributed by atoms with van der Waals surface area (Å²) >= 11 is 0. The highest BCUT2D eigenvalue weighted by Crippen LogP contribution is 2.39. The van der Waals surface area contributed by atoms with Gasteiger partial charge in [-0.1, -0.05) is 24.6 Å². The number of hydrogen-bond acceptors (Lipinski definition) is 6. The van der Waals surface area contributed by atoms with Crippen LogP contribution in [0.15, 0.2) is 47.5 Å². The third kappa shape index (κ3) is 4.32. The second-order valence-electron chi connectivity index (χ2n) is 9.32. The lowest BCUT2D eigenvalue weighted by Crippen LogP contribution is -2.41. The number of pyridine rings is 1. The SMILES string of the molecule is O=C(c1nn(-c2ccc(CN3CCCCC3)nc2)c2c1CS(=O)c1ccccc1-2)N1CCOCC1. The highest BCUT2D eigenvalue weighted by Gasteiger charge is 2.34. The van der Waals surface area contributed by atoms with Crippen LogP contribution in [0.2, 0.25) is 0 Å². The number of fused-ring (bicyclic) bond motifs is 3. The fraction of sp³-hybridized carbons (Fsp3) is 0.423. The van der Waals surface area contributed by atoms with Crippen LogP contribution in [0.1, 0.15) is 41.0 Å². The van der Waals surface area contributed by atoms with Gasteiger partial charge in [0.2, 0.25) is 0 Å². The molecule has 0 bridgehead atoms. The Hall–Kier alpha value is -2.88. The minimum absolute atomic E-state index is 0.130. The number of benzene rings is 1. The van der Waals surface area contributed by atoms with Crippen LogP contribution >= 0.6 is 0 Å². The molecule has 3 aliphatic heterocycles. The molecule has 0 spiro atoms. The molecule has 2 aromatic heterocycles. The molecular formula is C26H29N5O3S. The summed E-state index contributed by atoms with van der Waals surface area (Å²) in [5, 5.41) is 4.82. The van der Waals surface area contributed by atoms with E-state index in [2.05, 4.69) is 4.90 Å². The molecule has 0 N–H and O–H groups in total. The Bertz CT molecular complexity index is 1260. The zero-order chi connectivity index (χ0) is 23.8. The first-order valence-electron chi connectivity index (χ1n) is 12.3. The Kier molecular flexibility index (Phi) is 6.22. The Morgan fingerprint density at radius 2 is 1.80 bits per heavy atom. The zero-order valence-corrected chi connectivity index (χ0v) is 20.5. The van der Waals surface area contributed by atoms with Crippen LogP contribution in [0.5, 0.6) is 0 Å². The van der Waals surface area contributed by atoms with Gasteiger partial charge in [-0.15, -0.1) is 0 Å². The van der Waals surface area contributed by atoms with Crippen LogP contribution in [0.4, 0.5) is 0 Å². The summed E-state index contributed by atoms with van der Waals surface area (Å²) in [7, 11) is -1.23. The molecule has 0 radical (unpaired) electrons. The van der Waals surface area contributed by atoms with E-state index in [4.69, 9.17) is 14.8 Å². The number of ether oxygens (including phenoxy) is 1. The molecule has 1 aromatic carbocycles. The standard InChI is InChI=1S/C26H29N5O3S/c32-26(30-12-14-34-15-13-30)24-22-18-35(33)23-7-3-2-6-21(23)25(22)31(28-24)20-9-8-19(27-16-20)17-29-10-4-1-5-11-29/h2-3,6-9,16H,1,4-5,10-15,17-18H2. The molecule has 2 fully saturated rings. The second kappa shape index (κ2) is 9.64. The summed E-state index contributed by atoms with van der Waals surface area (Å²) < 4.78 is 20.3. The highest BCUT2D eigenvalue weighted by atomic mass is 32.2. The molecule has 1 atom stereocenters. The third-order valence-corrected chi connectivity index (χ3v) is 8.43. The monoisotopic (exact) mass is 491 g/mol. The quantitative estimate of drug-likeness (QED) is 0.558. The van der Waals surface area contributed by atoms with Gasteiger partial charge in [0, 0.05) is 35.7 Å². The van der Waals surface area contributed by atoms with Crippen LogP contribution < -0.4 is 0 Å². The van der Waals surface area contributed by atoms with Crippen molar-refractivity contribution in [3.8, 4) is 16.9 Å². The minimum atomic E-state index is -1.23. The van der Waals surface area contributed by atoms with E-state index < -0.39 is 10.8 Å². The Labute approximate surface area is 207 Å². The molecule has 8 nitrogen and oxygen atoms in total. The van der Waals surface area contributed by atoms with E-state index in [1.807, 2.05) is 47.3 Å². The average molecular weight is 492 g/mol. The lowest BCUT2D eigenvalue weighted by atomic mass is 10.0. The van der Waals surface area contributed by atoms with E-state index >= 15 is 0 Å². The number of morpholine rings is 1. The van der Waals surface area contributed by atoms with Crippen LogP contribution in [0.25, 0.3) is 16.9 Å². The maximum Gasteiger partial charge on any atom is 0.274 e. The summed E-state index contributed by atoms with van der Waals surface area (Å²) in [6.45, 7) is 5.20. The number of aromatic nitrogens is 3. The summed E-state index contributed by atoms with van der Waals surface area (Å²) in [5.74, 6) is 0.146. The van der Waals surface area contributed by atoms with Crippen molar-refractivity contribution in [1.29, 1.82) is 0 Å². The fourth-order valence-corrected chi connectivity index (χ4v) is 6.52. The Balaban J connectivity index is 1.40. The number of nitrogens with zero attached hydrogens (tertiary/aromatic N) is 5. The average Bonchev–Trinajstić information content (AvgIpc) is 3.29. The smallest absolute Gasteiger partial charge is 0.274 e. The van der Waals surface area contributed by atoms with E-state index in [0.717, 1.165) is 52.7 Å². The van der Waals surface area contributed by atoms with Gasteiger partial charge in [0.05, 0.1) is 53.0 Å². The molecule has 0 aliphatic carbocycles. The number of amides is 1. The first-order valence-corrected chi connectivity index (χ1v) is 13.7. The lowest BCUT2D eigenvalue weighted by molar-refractivity contribution is 0.0298. The second-order valence-corrected chi connectivity index (χ2v) is 10.7. The molecule has 9 heteroatoms. The van der Waals surface area contributed by atoms with Gasteiger partial charge in [-0.25, -0.2) is 4.68 Å². The van der Waals surface area contributed by atoms with E-state index in [-0.39, 0.29) is 11.7 Å². The molecule has 6 rings (SSSR count). The normalized spacial score (nSPS) is 20.3. The van der Waals surface area contributed by atoms with Crippen molar-refractivity contribution in [3.05, 3.63) is 59.5 Å². The largest absolute Gasteiger partial charge is 0.378 e. The minimum Gasteiger partial charge on any atom is -0.378 e. The first-order chi connectivity index (χ1) is 17.2. The molecule has 35 heavy (non-hydrogen) atoms. The van der Waals surface area contributed by atoms with Gasteiger partial charge < -0.3 is 9.64 Å². The summed E-state index contributed by atoms with van der Waals surface area (Å²) in [6.07, 6.45) is 5.64. The number of carbonyl (C=O) groups excluding carboxylic acids is 1. The van der Waals surface area contributed by atoms with Crippen molar-refractivity contribution in [3.63, 3.8) is 0 Å². The molecule has 1 amide bonds. The molecule has 3 aromatic rings. The van der Waals surface area contributed by atoms with E-state index in [1.165, 1.54) is 19.3 Å². The number of likely N-dealkylation sites (tertiary alicyclic amines) is 1. The zero-order valence-electron chi connectivity index (χ0n) is 19.7. The van der Waals surface area contributed by atoms with Crippen LogP contribution in [0.3, 0.4) is 0 Å². The summed E-state index contributed by atoms with van der Waals surface area (Å²) in [5.41, 5.74) is 4.65. The van der Waals surface area contributed by atoms with Gasteiger partial charge in [-0.05, 0) is 44.1 Å². The third-order valence-electron chi connectivity index (χ3n) is 7.04. The molecule has 3 aliphatic rings. The predicted molar refractivity (Wildman–Crippen MR) is 133 cm³/mol. The molecule has 182 valence electrons. The first kappa shape index (κ1) is 22.6.